The van der Waals surface area contributed by atoms with Crippen LogP contribution in [0.2, 0.25) is 10.0 Å². The molecule has 29 heavy (non-hydrogen) atoms. The lowest BCUT2D eigenvalue weighted by atomic mass is 9.97. The minimum atomic E-state index is -0.271. The van der Waals surface area contributed by atoms with Gasteiger partial charge in [-0.3, -0.25) is 9.59 Å². The van der Waals surface area contributed by atoms with Crippen LogP contribution in [0.1, 0.15) is 49.2 Å². The first-order valence-electron chi connectivity index (χ1n) is 9.94. The molecule has 1 aromatic heterocycles. The van der Waals surface area contributed by atoms with Crippen LogP contribution in [0.4, 0.5) is 0 Å². The third kappa shape index (κ3) is 4.75. The summed E-state index contributed by atoms with van der Waals surface area (Å²) >= 11 is 12.2. The number of carbonyl (C=O) groups excluding carboxylic acids is 2. The summed E-state index contributed by atoms with van der Waals surface area (Å²) in [5.41, 5.74) is 2.14. The van der Waals surface area contributed by atoms with Gasteiger partial charge in [0.2, 0.25) is 0 Å². The normalized spacial score (nSPS) is 16.7. The molecule has 156 valence electrons. The highest BCUT2D eigenvalue weighted by Gasteiger charge is 2.31. The second-order valence-corrected chi connectivity index (χ2v) is 7.92. The van der Waals surface area contributed by atoms with Crippen LogP contribution in [-0.2, 0) is 16.0 Å². The number of aromatic nitrogens is 2. The number of hydrogen-bond acceptors (Lipinski definition) is 4. The van der Waals surface area contributed by atoms with Gasteiger partial charge in [-0.25, -0.2) is 4.68 Å². The molecular formula is C21H25Cl2N3O3. The lowest BCUT2D eigenvalue weighted by molar-refractivity contribution is -0.149. The van der Waals surface area contributed by atoms with E-state index in [1.807, 2.05) is 6.07 Å². The number of piperidine rings is 1. The molecular weight excluding hydrogens is 413 g/mol. The standard InChI is InChI=1S/C21H25Cl2N3O3/c1-3-6-19-16(12-24-26(19)15-8-9-17(22)18(23)11-15)20(27)25-10-5-7-14(13-25)21(28)29-4-2/h8-9,11-12,14H,3-7,10,13H2,1-2H3. The highest BCUT2D eigenvalue weighted by atomic mass is 35.5. The maximum Gasteiger partial charge on any atom is 0.310 e. The number of amides is 1. The highest BCUT2D eigenvalue weighted by Crippen LogP contribution is 2.27. The summed E-state index contributed by atoms with van der Waals surface area (Å²) in [7, 11) is 0. The molecule has 0 aliphatic carbocycles. The Hall–Kier alpha value is -2.05. The summed E-state index contributed by atoms with van der Waals surface area (Å²) in [5.74, 6) is -0.605. The van der Waals surface area contributed by atoms with E-state index in [9.17, 15) is 9.59 Å². The molecule has 1 amide bonds. The first-order chi connectivity index (χ1) is 14.0. The first-order valence-corrected chi connectivity index (χ1v) is 10.7. The molecule has 1 aliphatic rings. The number of ether oxygens (including phenoxy) is 1. The van der Waals surface area contributed by atoms with Crippen LogP contribution in [0.5, 0.6) is 0 Å². The van der Waals surface area contributed by atoms with Gasteiger partial charge in [-0.2, -0.15) is 5.10 Å². The molecule has 0 radical (unpaired) electrons. The lowest BCUT2D eigenvalue weighted by Gasteiger charge is -2.31. The third-order valence-corrected chi connectivity index (χ3v) is 5.80. The predicted octanol–water partition coefficient (Wildman–Crippen LogP) is 4.55. The predicted molar refractivity (Wildman–Crippen MR) is 113 cm³/mol. The van der Waals surface area contributed by atoms with Crippen LogP contribution in [0, 0.1) is 5.92 Å². The minimum absolute atomic E-state index is 0.103. The van der Waals surface area contributed by atoms with Gasteiger partial charge in [0.05, 0.1) is 45.7 Å². The fourth-order valence-corrected chi connectivity index (χ4v) is 3.95. The van der Waals surface area contributed by atoms with Crippen LogP contribution < -0.4 is 0 Å². The van der Waals surface area contributed by atoms with Gasteiger partial charge in [0, 0.05) is 13.1 Å². The summed E-state index contributed by atoms with van der Waals surface area (Å²) in [4.78, 5) is 27.1. The fourth-order valence-electron chi connectivity index (χ4n) is 3.65. The maximum absolute atomic E-state index is 13.3. The van der Waals surface area contributed by atoms with Gasteiger partial charge in [-0.15, -0.1) is 0 Å². The molecule has 1 unspecified atom stereocenters. The number of carbonyl (C=O) groups is 2. The Balaban J connectivity index is 1.88. The van der Waals surface area contributed by atoms with Crippen molar-refractivity contribution in [1.29, 1.82) is 0 Å². The molecule has 6 nitrogen and oxygen atoms in total. The average molecular weight is 438 g/mol. The Morgan fingerprint density at radius 3 is 2.72 bits per heavy atom. The smallest absolute Gasteiger partial charge is 0.310 e. The van der Waals surface area contributed by atoms with E-state index in [0.29, 0.717) is 41.7 Å². The molecule has 1 aromatic carbocycles. The van der Waals surface area contributed by atoms with Crippen molar-refractivity contribution in [2.24, 2.45) is 5.92 Å². The Morgan fingerprint density at radius 2 is 2.03 bits per heavy atom. The molecule has 8 heteroatoms. The zero-order chi connectivity index (χ0) is 21.0. The van der Waals surface area contributed by atoms with E-state index < -0.39 is 0 Å². The molecule has 0 bridgehead atoms. The lowest BCUT2D eigenvalue weighted by Crippen LogP contribution is -2.43. The number of nitrogens with zero attached hydrogens (tertiary/aromatic N) is 3. The summed E-state index contributed by atoms with van der Waals surface area (Å²) in [5, 5.41) is 5.35. The molecule has 0 spiro atoms. The zero-order valence-corrected chi connectivity index (χ0v) is 18.2. The second kappa shape index (κ2) is 9.63. The minimum Gasteiger partial charge on any atom is -0.466 e. The van der Waals surface area contributed by atoms with Crippen molar-refractivity contribution in [3.8, 4) is 5.69 Å². The highest BCUT2D eigenvalue weighted by molar-refractivity contribution is 6.42. The van der Waals surface area contributed by atoms with Crippen LogP contribution in [0.15, 0.2) is 24.4 Å². The van der Waals surface area contributed by atoms with Gasteiger partial charge >= 0.3 is 5.97 Å². The fraction of sp³-hybridized carbons (Fsp3) is 0.476. The number of esters is 1. The number of likely N-dealkylation sites (tertiary alicyclic amines) is 1. The largest absolute Gasteiger partial charge is 0.466 e. The summed E-state index contributed by atoms with van der Waals surface area (Å²) in [6.07, 6.45) is 4.67. The summed E-state index contributed by atoms with van der Waals surface area (Å²) in [6, 6.07) is 5.28. The van der Waals surface area contributed by atoms with Crippen LogP contribution in [0.25, 0.3) is 5.69 Å². The summed E-state index contributed by atoms with van der Waals surface area (Å²) in [6.45, 7) is 5.19. The molecule has 1 saturated heterocycles. The number of hydrogen-bond donors (Lipinski definition) is 0. The van der Waals surface area contributed by atoms with E-state index in [2.05, 4.69) is 12.0 Å². The van der Waals surface area contributed by atoms with Gasteiger partial charge in [0.1, 0.15) is 0 Å². The van der Waals surface area contributed by atoms with Crippen molar-refractivity contribution in [3.05, 3.63) is 45.7 Å². The molecule has 1 atom stereocenters. The van der Waals surface area contributed by atoms with Crippen LogP contribution in [0.3, 0.4) is 0 Å². The number of halogens is 2. The molecule has 2 heterocycles. The second-order valence-electron chi connectivity index (χ2n) is 7.11. The Morgan fingerprint density at radius 1 is 1.24 bits per heavy atom. The van der Waals surface area contributed by atoms with Gasteiger partial charge in [-0.05, 0) is 44.4 Å². The Labute approximate surface area is 180 Å². The molecule has 3 rings (SSSR count). The first kappa shape index (κ1) is 21.7. The van der Waals surface area contributed by atoms with E-state index in [1.165, 1.54) is 0 Å². The Kier molecular flexibility index (Phi) is 7.19. The maximum atomic E-state index is 13.3. The van der Waals surface area contributed by atoms with E-state index in [-0.39, 0.29) is 17.8 Å². The molecule has 0 N–H and O–H groups in total. The number of benzene rings is 1. The van der Waals surface area contributed by atoms with Crippen LogP contribution in [-0.4, -0.2) is 46.3 Å². The van der Waals surface area contributed by atoms with Crippen molar-refractivity contribution in [1.82, 2.24) is 14.7 Å². The van der Waals surface area contributed by atoms with E-state index in [4.69, 9.17) is 27.9 Å². The number of rotatable bonds is 6. The average Bonchev–Trinajstić information content (AvgIpc) is 3.13. The van der Waals surface area contributed by atoms with Gasteiger partial charge in [0.25, 0.3) is 5.91 Å². The van der Waals surface area contributed by atoms with Crippen LogP contribution >= 0.6 is 23.2 Å². The van der Waals surface area contributed by atoms with Crippen molar-refractivity contribution in [2.45, 2.75) is 39.5 Å². The monoisotopic (exact) mass is 437 g/mol. The van der Waals surface area contributed by atoms with Crippen molar-refractivity contribution >= 4 is 35.1 Å². The summed E-state index contributed by atoms with van der Waals surface area (Å²) < 4.78 is 6.89. The third-order valence-electron chi connectivity index (χ3n) is 5.06. The zero-order valence-electron chi connectivity index (χ0n) is 16.7. The van der Waals surface area contributed by atoms with Crippen molar-refractivity contribution < 1.29 is 14.3 Å². The molecule has 0 saturated carbocycles. The van der Waals surface area contributed by atoms with Gasteiger partial charge in [-0.1, -0.05) is 36.5 Å². The SMILES string of the molecule is CCCc1c(C(=O)N2CCCC(C(=O)OCC)C2)cnn1-c1ccc(Cl)c(Cl)c1. The van der Waals surface area contributed by atoms with E-state index in [1.54, 1.807) is 34.8 Å². The topological polar surface area (TPSA) is 64.4 Å². The molecule has 2 aromatic rings. The van der Waals surface area contributed by atoms with Crippen molar-refractivity contribution in [2.75, 3.05) is 19.7 Å². The van der Waals surface area contributed by atoms with E-state index in [0.717, 1.165) is 30.6 Å². The van der Waals surface area contributed by atoms with Gasteiger partial charge in [0.15, 0.2) is 0 Å². The van der Waals surface area contributed by atoms with Gasteiger partial charge < -0.3 is 9.64 Å². The van der Waals surface area contributed by atoms with Crippen molar-refractivity contribution in [3.63, 3.8) is 0 Å². The quantitative estimate of drug-likeness (QED) is 0.621. The molecule has 1 fully saturated rings. The Bertz CT molecular complexity index is 897. The van der Waals surface area contributed by atoms with E-state index >= 15 is 0 Å². The molecule has 1 aliphatic heterocycles.